The number of benzene rings is 1. The predicted molar refractivity (Wildman–Crippen MR) is 88.2 cm³/mol. The summed E-state index contributed by atoms with van der Waals surface area (Å²) in [5.74, 6) is 2.03. The summed E-state index contributed by atoms with van der Waals surface area (Å²) in [6.07, 6.45) is 10.2. The molecule has 1 aromatic carbocycles. The number of hydrogen-bond acceptors (Lipinski definition) is 1. The van der Waals surface area contributed by atoms with Crippen LogP contribution in [0.2, 0.25) is 0 Å². The molecule has 21 heavy (non-hydrogen) atoms. The van der Waals surface area contributed by atoms with Crippen molar-refractivity contribution in [2.24, 2.45) is 22.7 Å². The monoisotopic (exact) mass is 283 g/mol. The van der Waals surface area contributed by atoms with E-state index in [9.17, 15) is 0 Å². The highest BCUT2D eigenvalue weighted by atomic mass is 14.9. The van der Waals surface area contributed by atoms with Crippen molar-refractivity contribution >= 4 is 0 Å². The van der Waals surface area contributed by atoms with E-state index in [-0.39, 0.29) is 0 Å². The van der Waals surface area contributed by atoms with E-state index >= 15 is 0 Å². The Balaban J connectivity index is 1.61. The zero-order valence-electron chi connectivity index (χ0n) is 13.6. The van der Waals surface area contributed by atoms with E-state index in [4.69, 9.17) is 0 Å². The Morgan fingerprint density at radius 1 is 1.10 bits per heavy atom. The minimum atomic E-state index is 0.573. The molecule has 1 heteroatoms. The van der Waals surface area contributed by atoms with Crippen molar-refractivity contribution in [3.63, 3.8) is 0 Å². The van der Waals surface area contributed by atoms with Gasteiger partial charge in [0.05, 0.1) is 0 Å². The van der Waals surface area contributed by atoms with E-state index < -0.39 is 0 Å². The van der Waals surface area contributed by atoms with Gasteiger partial charge in [0, 0.05) is 6.04 Å². The summed E-state index contributed by atoms with van der Waals surface area (Å²) < 4.78 is 0. The zero-order valence-corrected chi connectivity index (χ0v) is 13.6. The van der Waals surface area contributed by atoms with Crippen LogP contribution in [-0.2, 0) is 6.42 Å². The fourth-order valence-electron chi connectivity index (χ4n) is 6.68. The van der Waals surface area contributed by atoms with Crippen LogP contribution in [0.15, 0.2) is 30.3 Å². The van der Waals surface area contributed by atoms with Crippen molar-refractivity contribution in [1.82, 2.24) is 5.32 Å². The van der Waals surface area contributed by atoms with Gasteiger partial charge in [-0.1, -0.05) is 37.3 Å². The quantitative estimate of drug-likeness (QED) is 0.862. The summed E-state index contributed by atoms with van der Waals surface area (Å²) in [4.78, 5) is 0. The van der Waals surface area contributed by atoms with E-state index in [2.05, 4.69) is 49.6 Å². The lowest BCUT2D eigenvalue weighted by atomic mass is 9.43. The van der Waals surface area contributed by atoms with Crippen LogP contribution in [0, 0.1) is 22.7 Å². The first-order valence-corrected chi connectivity index (χ1v) is 8.82. The molecule has 5 rings (SSSR count). The summed E-state index contributed by atoms with van der Waals surface area (Å²) >= 11 is 0. The van der Waals surface area contributed by atoms with Gasteiger partial charge in [0.1, 0.15) is 0 Å². The fraction of sp³-hybridized carbons (Fsp3) is 0.700. The molecule has 114 valence electrons. The number of nitrogens with one attached hydrogen (secondary N) is 1. The summed E-state index contributed by atoms with van der Waals surface area (Å²) in [6, 6.07) is 11.7. The molecule has 1 nitrogen and oxygen atoms in total. The third-order valence-corrected chi connectivity index (χ3v) is 6.77. The van der Waals surface area contributed by atoms with Gasteiger partial charge >= 0.3 is 0 Å². The van der Waals surface area contributed by atoms with Crippen LogP contribution in [0.5, 0.6) is 0 Å². The largest absolute Gasteiger partial charge is 0.316 e. The molecule has 0 spiro atoms. The lowest BCUT2D eigenvalue weighted by molar-refractivity contribution is -0.117. The molecule has 0 aliphatic heterocycles. The van der Waals surface area contributed by atoms with Crippen LogP contribution < -0.4 is 5.32 Å². The lowest BCUT2D eigenvalue weighted by Gasteiger charge is -2.63. The Morgan fingerprint density at radius 3 is 2.33 bits per heavy atom. The zero-order chi connectivity index (χ0) is 14.5. The molecule has 4 saturated carbocycles. The Morgan fingerprint density at radius 2 is 1.76 bits per heavy atom. The van der Waals surface area contributed by atoms with Crippen LogP contribution in [0.3, 0.4) is 0 Å². The highest BCUT2D eigenvalue weighted by Crippen LogP contribution is 2.66. The van der Waals surface area contributed by atoms with Gasteiger partial charge in [-0.3, -0.25) is 0 Å². The first-order valence-electron chi connectivity index (χ1n) is 8.82. The van der Waals surface area contributed by atoms with Crippen molar-refractivity contribution in [2.75, 3.05) is 7.05 Å². The SMILES string of the molecule is CNC(Cc1ccccc1)C12CC3CC(CC(C)(C3)C1)C2. The Hall–Kier alpha value is -0.820. The Bertz CT molecular complexity index is 492. The van der Waals surface area contributed by atoms with Crippen molar-refractivity contribution in [2.45, 2.75) is 57.9 Å². The minimum absolute atomic E-state index is 0.573. The van der Waals surface area contributed by atoms with Gasteiger partial charge in [-0.15, -0.1) is 0 Å². The van der Waals surface area contributed by atoms with Crippen molar-refractivity contribution in [3.8, 4) is 0 Å². The van der Waals surface area contributed by atoms with E-state index in [1.165, 1.54) is 50.5 Å². The molecule has 1 N–H and O–H groups in total. The van der Waals surface area contributed by atoms with Crippen molar-refractivity contribution in [1.29, 1.82) is 0 Å². The molecule has 0 amide bonds. The molecule has 0 radical (unpaired) electrons. The molecule has 3 atom stereocenters. The van der Waals surface area contributed by atoms with Gasteiger partial charge in [0.25, 0.3) is 0 Å². The van der Waals surface area contributed by atoms with Gasteiger partial charge in [-0.05, 0) is 80.2 Å². The molecule has 4 aliphatic rings. The molecule has 1 aromatic rings. The standard InChI is InChI=1S/C20H29N/c1-19-10-16-8-17(11-19)13-20(12-16,14-19)18(21-2)9-15-6-4-3-5-7-15/h3-7,16-18,21H,8-14H2,1-2H3. The van der Waals surface area contributed by atoms with E-state index in [0.29, 0.717) is 16.9 Å². The highest BCUT2D eigenvalue weighted by Gasteiger charge is 2.57. The van der Waals surface area contributed by atoms with Gasteiger partial charge in [0.15, 0.2) is 0 Å². The molecule has 4 aliphatic carbocycles. The third kappa shape index (κ3) is 2.34. The first kappa shape index (κ1) is 13.8. The Kier molecular flexibility index (Phi) is 3.19. The van der Waals surface area contributed by atoms with Gasteiger partial charge in [0.2, 0.25) is 0 Å². The van der Waals surface area contributed by atoms with E-state index in [0.717, 1.165) is 11.8 Å². The average molecular weight is 283 g/mol. The second-order valence-corrected chi connectivity index (χ2v) is 8.67. The molecule has 4 bridgehead atoms. The van der Waals surface area contributed by atoms with Gasteiger partial charge < -0.3 is 5.32 Å². The predicted octanol–water partition coefficient (Wildman–Crippen LogP) is 4.42. The summed E-state index contributed by atoms with van der Waals surface area (Å²) in [5, 5.41) is 3.72. The first-order chi connectivity index (χ1) is 10.1. The van der Waals surface area contributed by atoms with E-state index in [1.54, 1.807) is 0 Å². The van der Waals surface area contributed by atoms with E-state index in [1.807, 2.05) is 0 Å². The Labute approximate surface area is 129 Å². The average Bonchev–Trinajstić information content (AvgIpc) is 2.43. The topological polar surface area (TPSA) is 12.0 Å². The van der Waals surface area contributed by atoms with Crippen LogP contribution in [0.1, 0.15) is 51.0 Å². The molecule has 0 heterocycles. The second-order valence-electron chi connectivity index (χ2n) is 8.67. The van der Waals surface area contributed by atoms with Gasteiger partial charge in [-0.25, -0.2) is 0 Å². The summed E-state index contributed by atoms with van der Waals surface area (Å²) in [7, 11) is 2.19. The van der Waals surface area contributed by atoms with Crippen molar-refractivity contribution < 1.29 is 0 Å². The van der Waals surface area contributed by atoms with Crippen LogP contribution in [0.25, 0.3) is 0 Å². The van der Waals surface area contributed by atoms with Crippen LogP contribution >= 0.6 is 0 Å². The number of rotatable bonds is 4. The maximum Gasteiger partial charge on any atom is 0.0161 e. The smallest absolute Gasteiger partial charge is 0.0161 e. The number of likely N-dealkylation sites (N-methyl/N-ethyl adjacent to an activating group) is 1. The maximum absolute atomic E-state index is 3.72. The molecule has 0 saturated heterocycles. The molecule has 4 fully saturated rings. The molecule has 0 aromatic heterocycles. The van der Waals surface area contributed by atoms with Gasteiger partial charge in [-0.2, -0.15) is 0 Å². The normalized spacial score (nSPS) is 42.2. The van der Waals surface area contributed by atoms with Crippen molar-refractivity contribution in [3.05, 3.63) is 35.9 Å². The highest BCUT2D eigenvalue weighted by molar-refractivity contribution is 5.19. The third-order valence-electron chi connectivity index (χ3n) is 6.77. The lowest BCUT2D eigenvalue weighted by Crippen LogP contribution is -2.58. The van der Waals surface area contributed by atoms with Crippen LogP contribution in [0.4, 0.5) is 0 Å². The molecule has 3 unspecified atom stereocenters. The molecular weight excluding hydrogens is 254 g/mol. The van der Waals surface area contributed by atoms with Crippen LogP contribution in [-0.4, -0.2) is 13.1 Å². The summed E-state index contributed by atoms with van der Waals surface area (Å²) in [6.45, 7) is 2.58. The summed E-state index contributed by atoms with van der Waals surface area (Å²) in [5.41, 5.74) is 2.72. The minimum Gasteiger partial charge on any atom is -0.316 e. The maximum atomic E-state index is 3.72. The fourth-order valence-corrected chi connectivity index (χ4v) is 6.68. The molecular formula is C20H29N. The second kappa shape index (κ2) is 4.84. The number of hydrogen-bond donors (Lipinski definition) is 1.